The van der Waals surface area contributed by atoms with E-state index in [1.807, 2.05) is 0 Å². The van der Waals surface area contributed by atoms with E-state index in [0.29, 0.717) is 19.4 Å². The Labute approximate surface area is 130 Å². The summed E-state index contributed by atoms with van der Waals surface area (Å²) in [5, 5.41) is 12.4. The van der Waals surface area contributed by atoms with E-state index in [2.05, 4.69) is 10.1 Å². The van der Waals surface area contributed by atoms with Gasteiger partial charge in [0.2, 0.25) is 0 Å². The normalized spacial score (nSPS) is 10.9. The van der Waals surface area contributed by atoms with Gasteiger partial charge in [-0.2, -0.15) is 0 Å². The fourth-order valence-electron chi connectivity index (χ4n) is 1.81. The van der Waals surface area contributed by atoms with Gasteiger partial charge in [-0.1, -0.05) is 6.07 Å². The summed E-state index contributed by atoms with van der Waals surface area (Å²) in [5.41, 5.74) is 0.494. The van der Waals surface area contributed by atoms with Crippen LogP contribution in [-0.2, 0) is 15.9 Å². The number of methoxy groups -OCH3 is 1. The van der Waals surface area contributed by atoms with E-state index in [1.165, 1.54) is 19.2 Å². The lowest BCUT2D eigenvalue weighted by Crippen LogP contribution is -2.33. The van der Waals surface area contributed by atoms with Gasteiger partial charge in [-0.15, -0.1) is 0 Å². The number of ether oxygens (including phenoxy) is 2. The predicted molar refractivity (Wildman–Crippen MR) is 82.0 cm³/mol. The maximum Gasteiger partial charge on any atom is 0.407 e. The third kappa shape index (κ3) is 6.03. The first-order valence-corrected chi connectivity index (χ1v) is 7.10. The Morgan fingerprint density at radius 1 is 1.27 bits per heavy atom. The molecule has 0 aliphatic rings. The number of alkyl carbamates (subject to hydrolysis) is 1. The smallest absolute Gasteiger partial charge is 0.407 e. The number of phenols is 1. The minimum absolute atomic E-state index is 0.107. The zero-order valence-electron chi connectivity index (χ0n) is 13.4. The number of hydrogen-bond acceptors (Lipinski definition) is 5. The van der Waals surface area contributed by atoms with Crippen molar-refractivity contribution >= 4 is 12.1 Å². The zero-order valence-corrected chi connectivity index (χ0v) is 13.4. The molecule has 0 atom stereocenters. The summed E-state index contributed by atoms with van der Waals surface area (Å²) in [6, 6.07) is 4.80. The molecule has 122 valence electrons. The van der Waals surface area contributed by atoms with Crippen LogP contribution in [0.15, 0.2) is 18.2 Å². The van der Waals surface area contributed by atoms with Crippen molar-refractivity contribution in [2.24, 2.45) is 0 Å². The first-order chi connectivity index (χ1) is 10.2. The minimum Gasteiger partial charge on any atom is -0.507 e. The number of carbonyl (C=O) groups excluding carboxylic acids is 2. The van der Waals surface area contributed by atoms with Gasteiger partial charge >= 0.3 is 12.1 Å². The highest BCUT2D eigenvalue weighted by atomic mass is 16.6. The number of aryl methyl sites for hydroxylation is 1. The van der Waals surface area contributed by atoms with Crippen LogP contribution in [0.1, 0.15) is 43.1 Å². The van der Waals surface area contributed by atoms with Crippen molar-refractivity contribution in [3.63, 3.8) is 0 Å². The molecular weight excluding hydrogens is 286 g/mol. The molecule has 0 radical (unpaired) electrons. The Hall–Kier alpha value is -2.24. The summed E-state index contributed by atoms with van der Waals surface area (Å²) in [7, 11) is 1.26. The van der Waals surface area contributed by atoms with Crippen LogP contribution in [0.2, 0.25) is 0 Å². The second-order valence-corrected chi connectivity index (χ2v) is 5.88. The van der Waals surface area contributed by atoms with Crippen LogP contribution in [0.4, 0.5) is 4.79 Å². The van der Waals surface area contributed by atoms with Crippen molar-refractivity contribution < 1.29 is 24.2 Å². The van der Waals surface area contributed by atoms with Crippen molar-refractivity contribution in [1.29, 1.82) is 0 Å². The third-order valence-corrected chi connectivity index (χ3v) is 2.78. The number of carbonyl (C=O) groups is 2. The van der Waals surface area contributed by atoms with E-state index >= 15 is 0 Å². The van der Waals surface area contributed by atoms with Crippen LogP contribution < -0.4 is 5.32 Å². The van der Waals surface area contributed by atoms with Gasteiger partial charge in [0.15, 0.2) is 0 Å². The van der Waals surface area contributed by atoms with Gasteiger partial charge in [-0.05, 0) is 51.3 Å². The van der Waals surface area contributed by atoms with Crippen molar-refractivity contribution in [3.05, 3.63) is 29.3 Å². The molecule has 22 heavy (non-hydrogen) atoms. The highest BCUT2D eigenvalue weighted by molar-refractivity contribution is 5.92. The maximum atomic E-state index is 11.5. The third-order valence-electron chi connectivity index (χ3n) is 2.78. The summed E-state index contributed by atoms with van der Waals surface area (Å²) in [4.78, 5) is 22.8. The molecule has 1 aromatic rings. The lowest BCUT2D eigenvalue weighted by Gasteiger charge is -2.19. The molecule has 0 unspecified atom stereocenters. The van der Waals surface area contributed by atoms with E-state index in [9.17, 15) is 14.7 Å². The van der Waals surface area contributed by atoms with Crippen LogP contribution in [0.25, 0.3) is 0 Å². The van der Waals surface area contributed by atoms with Gasteiger partial charge in [0.05, 0.1) is 7.11 Å². The number of hydrogen-bond donors (Lipinski definition) is 2. The SMILES string of the molecule is COC(=O)c1ccc(CCCNC(=O)OC(C)(C)C)cc1O. The Bertz CT molecular complexity index is 534. The van der Waals surface area contributed by atoms with Crippen molar-refractivity contribution in [1.82, 2.24) is 5.32 Å². The molecule has 0 aliphatic carbocycles. The summed E-state index contributed by atoms with van der Waals surface area (Å²) in [5.74, 6) is -0.680. The Morgan fingerprint density at radius 2 is 1.95 bits per heavy atom. The molecule has 6 nitrogen and oxygen atoms in total. The Morgan fingerprint density at radius 3 is 2.50 bits per heavy atom. The first-order valence-electron chi connectivity index (χ1n) is 7.10. The monoisotopic (exact) mass is 309 g/mol. The van der Waals surface area contributed by atoms with Gasteiger partial charge < -0.3 is 19.9 Å². The summed E-state index contributed by atoms with van der Waals surface area (Å²) in [6.45, 7) is 5.88. The molecule has 0 saturated heterocycles. The molecule has 0 spiro atoms. The van der Waals surface area contributed by atoms with Crippen LogP contribution in [-0.4, -0.2) is 36.4 Å². The minimum atomic E-state index is -0.573. The lowest BCUT2D eigenvalue weighted by atomic mass is 10.1. The number of esters is 1. The molecule has 6 heteroatoms. The zero-order chi connectivity index (χ0) is 16.8. The van der Waals surface area contributed by atoms with Crippen LogP contribution >= 0.6 is 0 Å². The fraction of sp³-hybridized carbons (Fsp3) is 0.500. The molecule has 0 fully saturated rings. The van der Waals surface area contributed by atoms with Gasteiger partial charge in [0.1, 0.15) is 16.9 Å². The quantitative estimate of drug-likeness (QED) is 0.645. The summed E-state index contributed by atoms with van der Waals surface area (Å²) < 4.78 is 9.68. The second kappa shape index (κ2) is 7.68. The van der Waals surface area contributed by atoms with Gasteiger partial charge in [0.25, 0.3) is 0 Å². The molecule has 1 rings (SSSR count). The van der Waals surface area contributed by atoms with Crippen molar-refractivity contribution in [2.75, 3.05) is 13.7 Å². The largest absolute Gasteiger partial charge is 0.507 e. The summed E-state index contributed by atoms with van der Waals surface area (Å²) in [6.07, 6.45) is 0.900. The molecule has 0 saturated carbocycles. The average Bonchev–Trinajstić information content (AvgIpc) is 2.41. The van der Waals surface area contributed by atoms with Gasteiger partial charge in [-0.25, -0.2) is 9.59 Å². The van der Waals surface area contributed by atoms with Crippen LogP contribution in [0, 0.1) is 0 Å². The second-order valence-electron chi connectivity index (χ2n) is 5.88. The molecular formula is C16H23NO5. The number of rotatable bonds is 5. The van der Waals surface area contributed by atoms with Crippen molar-refractivity contribution in [3.8, 4) is 5.75 Å². The molecule has 1 amide bonds. The average molecular weight is 309 g/mol. The van der Waals surface area contributed by atoms with E-state index < -0.39 is 17.7 Å². The molecule has 2 N–H and O–H groups in total. The Kier molecular flexibility index (Phi) is 6.22. The number of phenolic OH excluding ortho intramolecular Hbond substituents is 1. The van der Waals surface area contributed by atoms with E-state index in [4.69, 9.17) is 4.74 Å². The molecule has 0 aliphatic heterocycles. The van der Waals surface area contributed by atoms with Gasteiger partial charge in [0, 0.05) is 6.54 Å². The topological polar surface area (TPSA) is 84.9 Å². The van der Waals surface area contributed by atoms with Crippen molar-refractivity contribution in [2.45, 2.75) is 39.2 Å². The van der Waals surface area contributed by atoms with Gasteiger partial charge in [-0.3, -0.25) is 0 Å². The summed E-state index contributed by atoms with van der Waals surface area (Å²) >= 11 is 0. The van der Waals surface area contributed by atoms with E-state index in [-0.39, 0.29) is 11.3 Å². The van der Waals surface area contributed by atoms with Crippen LogP contribution in [0.5, 0.6) is 5.75 Å². The lowest BCUT2D eigenvalue weighted by molar-refractivity contribution is 0.0525. The highest BCUT2D eigenvalue weighted by Crippen LogP contribution is 2.20. The fourth-order valence-corrected chi connectivity index (χ4v) is 1.81. The number of benzene rings is 1. The highest BCUT2D eigenvalue weighted by Gasteiger charge is 2.15. The molecule has 0 bridgehead atoms. The number of amides is 1. The molecule has 0 aromatic heterocycles. The van der Waals surface area contributed by atoms with E-state index in [0.717, 1.165) is 5.56 Å². The molecule has 0 heterocycles. The standard InChI is InChI=1S/C16H23NO5/c1-16(2,3)22-15(20)17-9-5-6-11-7-8-12(13(18)10-11)14(19)21-4/h7-8,10,18H,5-6,9H2,1-4H3,(H,17,20). The van der Waals surface area contributed by atoms with Crippen LogP contribution in [0.3, 0.4) is 0 Å². The predicted octanol–water partition coefficient (Wildman–Crippen LogP) is 2.64. The number of nitrogens with one attached hydrogen (secondary N) is 1. The Balaban J connectivity index is 2.41. The first kappa shape index (κ1) is 17.8. The van der Waals surface area contributed by atoms with E-state index in [1.54, 1.807) is 26.8 Å². The molecule has 1 aromatic carbocycles. The maximum absolute atomic E-state index is 11.5. The number of aromatic hydroxyl groups is 1.